The quantitative estimate of drug-likeness (QED) is 0.674. The van der Waals surface area contributed by atoms with Crippen LogP contribution in [0, 0.1) is 11.3 Å². The minimum atomic E-state index is 0.211. The zero-order valence-corrected chi connectivity index (χ0v) is 15.1. The van der Waals surface area contributed by atoms with E-state index < -0.39 is 0 Å². The summed E-state index contributed by atoms with van der Waals surface area (Å²) in [7, 11) is 3.24. The van der Waals surface area contributed by atoms with Crippen LogP contribution in [0.4, 0.5) is 5.88 Å². The van der Waals surface area contributed by atoms with Crippen molar-refractivity contribution in [3.8, 4) is 17.6 Å². The normalized spacial score (nSPS) is 10.6. The number of methoxy groups -OCH3 is 2. The van der Waals surface area contributed by atoms with Gasteiger partial charge >= 0.3 is 0 Å². The molecule has 0 aliphatic heterocycles. The molecule has 0 aliphatic rings. The molecule has 6 nitrogen and oxygen atoms in total. The Bertz CT molecular complexity index is 969. The molecule has 3 rings (SSSR count). The minimum absolute atomic E-state index is 0.211. The molecule has 27 heavy (non-hydrogen) atoms. The Morgan fingerprint density at radius 1 is 1.07 bits per heavy atom. The SMILES string of the molecule is COc1ccc(CNc2oc(/C=C/c3ccccc3OC)nc2C#N)cc1. The minimum Gasteiger partial charge on any atom is -0.497 e. The Morgan fingerprint density at radius 2 is 1.85 bits per heavy atom. The number of hydrogen-bond donors (Lipinski definition) is 1. The lowest BCUT2D eigenvalue weighted by Gasteiger charge is -2.04. The molecule has 2 aromatic carbocycles. The van der Waals surface area contributed by atoms with Crippen molar-refractivity contribution < 1.29 is 13.9 Å². The average Bonchev–Trinajstić information content (AvgIpc) is 3.13. The van der Waals surface area contributed by atoms with Crippen LogP contribution in [0.3, 0.4) is 0 Å². The highest BCUT2D eigenvalue weighted by Crippen LogP contribution is 2.23. The predicted molar refractivity (Wildman–Crippen MR) is 103 cm³/mol. The monoisotopic (exact) mass is 361 g/mol. The number of para-hydroxylation sites is 1. The third-order valence-corrected chi connectivity index (χ3v) is 3.91. The standard InChI is InChI=1S/C21H19N3O3/c1-25-17-10-7-15(8-11-17)14-23-21-18(13-22)24-20(27-21)12-9-16-5-3-4-6-19(16)26-2/h3-12,23H,14H2,1-2H3/b12-9+. The summed E-state index contributed by atoms with van der Waals surface area (Å²) in [5, 5.41) is 12.4. The van der Waals surface area contributed by atoms with Gasteiger partial charge in [0.05, 0.1) is 14.2 Å². The van der Waals surface area contributed by atoms with Gasteiger partial charge in [-0.15, -0.1) is 0 Å². The van der Waals surface area contributed by atoms with Gasteiger partial charge in [0.1, 0.15) is 17.6 Å². The Balaban J connectivity index is 1.73. The second-order valence-corrected chi connectivity index (χ2v) is 5.62. The summed E-state index contributed by atoms with van der Waals surface area (Å²) in [6.45, 7) is 0.504. The van der Waals surface area contributed by atoms with E-state index in [2.05, 4.69) is 10.3 Å². The molecule has 1 N–H and O–H groups in total. The largest absolute Gasteiger partial charge is 0.497 e. The maximum Gasteiger partial charge on any atom is 0.232 e. The molecule has 3 aromatic rings. The van der Waals surface area contributed by atoms with E-state index >= 15 is 0 Å². The summed E-state index contributed by atoms with van der Waals surface area (Å²) in [4.78, 5) is 4.20. The molecule has 0 saturated carbocycles. The molecule has 0 spiro atoms. The van der Waals surface area contributed by atoms with Crippen LogP contribution in [0.25, 0.3) is 12.2 Å². The number of rotatable bonds is 7. The number of benzene rings is 2. The van der Waals surface area contributed by atoms with Crippen LogP contribution in [0.15, 0.2) is 52.9 Å². The van der Waals surface area contributed by atoms with E-state index in [0.29, 0.717) is 18.3 Å². The summed E-state index contributed by atoms with van der Waals surface area (Å²) in [6, 6.07) is 17.3. The zero-order valence-electron chi connectivity index (χ0n) is 15.1. The molecule has 0 atom stereocenters. The molecule has 136 valence electrons. The first-order valence-electron chi connectivity index (χ1n) is 8.32. The molecule has 0 unspecified atom stereocenters. The second-order valence-electron chi connectivity index (χ2n) is 5.62. The Hall–Kier alpha value is -3.72. The van der Waals surface area contributed by atoms with Gasteiger partial charge in [-0.2, -0.15) is 10.2 Å². The lowest BCUT2D eigenvalue weighted by Crippen LogP contribution is -1.99. The van der Waals surface area contributed by atoms with Gasteiger partial charge in [-0.1, -0.05) is 30.3 Å². The topological polar surface area (TPSA) is 80.3 Å². The molecule has 0 radical (unpaired) electrons. The van der Waals surface area contributed by atoms with E-state index in [1.807, 2.05) is 60.7 Å². The number of anilines is 1. The van der Waals surface area contributed by atoms with Crippen molar-refractivity contribution in [2.24, 2.45) is 0 Å². The van der Waals surface area contributed by atoms with Crippen molar-refractivity contribution >= 4 is 18.0 Å². The predicted octanol–water partition coefficient (Wildman–Crippen LogP) is 4.35. The van der Waals surface area contributed by atoms with Gasteiger partial charge in [0.15, 0.2) is 0 Å². The third-order valence-electron chi connectivity index (χ3n) is 3.91. The highest BCUT2D eigenvalue weighted by Gasteiger charge is 2.11. The number of hydrogen-bond acceptors (Lipinski definition) is 6. The van der Waals surface area contributed by atoms with Crippen LogP contribution in [-0.4, -0.2) is 19.2 Å². The van der Waals surface area contributed by atoms with Crippen LogP contribution in [-0.2, 0) is 6.54 Å². The van der Waals surface area contributed by atoms with Crippen LogP contribution in [0.1, 0.15) is 22.7 Å². The van der Waals surface area contributed by atoms with E-state index in [1.165, 1.54) is 0 Å². The summed E-state index contributed by atoms with van der Waals surface area (Å²) in [6.07, 6.45) is 3.54. The second kappa shape index (κ2) is 8.59. The van der Waals surface area contributed by atoms with Crippen molar-refractivity contribution in [2.45, 2.75) is 6.54 Å². The summed E-state index contributed by atoms with van der Waals surface area (Å²) >= 11 is 0. The van der Waals surface area contributed by atoms with E-state index in [9.17, 15) is 5.26 Å². The molecule has 1 aromatic heterocycles. The lowest BCUT2D eigenvalue weighted by molar-refractivity contribution is 0.414. The van der Waals surface area contributed by atoms with Crippen molar-refractivity contribution in [1.82, 2.24) is 4.98 Å². The fourth-order valence-electron chi connectivity index (χ4n) is 2.49. The lowest BCUT2D eigenvalue weighted by atomic mass is 10.2. The van der Waals surface area contributed by atoms with Crippen LogP contribution >= 0.6 is 0 Å². The van der Waals surface area contributed by atoms with Gasteiger partial charge in [-0.05, 0) is 29.8 Å². The first-order chi connectivity index (χ1) is 13.2. The van der Waals surface area contributed by atoms with Gasteiger partial charge in [-0.25, -0.2) is 0 Å². The molecular weight excluding hydrogens is 342 g/mol. The molecule has 0 amide bonds. The smallest absolute Gasteiger partial charge is 0.232 e. The molecule has 1 heterocycles. The van der Waals surface area contributed by atoms with Crippen LogP contribution in [0.5, 0.6) is 11.5 Å². The average molecular weight is 361 g/mol. The molecular formula is C21H19N3O3. The van der Waals surface area contributed by atoms with Crippen LogP contribution < -0.4 is 14.8 Å². The van der Waals surface area contributed by atoms with E-state index in [-0.39, 0.29) is 5.69 Å². The Morgan fingerprint density at radius 3 is 2.56 bits per heavy atom. The molecule has 0 aliphatic carbocycles. The maximum absolute atomic E-state index is 9.29. The van der Waals surface area contributed by atoms with E-state index in [4.69, 9.17) is 13.9 Å². The molecule has 6 heteroatoms. The van der Waals surface area contributed by atoms with Crippen molar-refractivity contribution in [3.63, 3.8) is 0 Å². The third kappa shape index (κ3) is 4.47. The molecule has 0 saturated heterocycles. The summed E-state index contributed by atoms with van der Waals surface area (Å²) in [5.74, 6) is 2.22. The van der Waals surface area contributed by atoms with Crippen molar-refractivity contribution in [3.05, 3.63) is 71.2 Å². The van der Waals surface area contributed by atoms with E-state index in [1.54, 1.807) is 20.3 Å². The first kappa shape index (κ1) is 18.1. The summed E-state index contributed by atoms with van der Waals surface area (Å²) in [5.41, 5.74) is 2.13. The fourth-order valence-corrected chi connectivity index (χ4v) is 2.49. The number of oxazole rings is 1. The number of ether oxygens (including phenoxy) is 2. The van der Waals surface area contributed by atoms with Gasteiger partial charge < -0.3 is 19.2 Å². The van der Waals surface area contributed by atoms with Gasteiger partial charge in [0.25, 0.3) is 0 Å². The zero-order chi connectivity index (χ0) is 19.1. The van der Waals surface area contributed by atoms with Gasteiger partial charge in [-0.3, -0.25) is 0 Å². The highest BCUT2D eigenvalue weighted by atomic mass is 16.5. The number of aromatic nitrogens is 1. The maximum atomic E-state index is 9.29. The Labute approximate surface area is 157 Å². The fraction of sp³-hybridized carbons (Fsp3) is 0.143. The molecule has 0 bridgehead atoms. The first-order valence-corrected chi connectivity index (χ1v) is 8.32. The van der Waals surface area contributed by atoms with E-state index in [0.717, 1.165) is 22.6 Å². The van der Waals surface area contributed by atoms with Gasteiger partial charge in [0.2, 0.25) is 17.5 Å². The van der Waals surface area contributed by atoms with Crippen LogP contribution in [0.2, 0.25) is 0 Å². The number of nitrogens with one attached hydrogen (secondary N) is 1. The number of nitrogens with zero attached hydrogens (tertiary/aromatic N) is 2. The number of nitriles is 1. The van der Waals surface area contributed by atoms with Gasteiger partial charge in [0, 0.05) is 18.2 Å². The highest BCUT2D eigenvalue weighted by molar-refractivity contribution is 5.70. The Kier molecular flexibility index (Phi) is 5.75. The van der Waals surface area contributed by atoms with Crippen molar-refractivity contribution in [2.75, 3.05) is 19.5 Å². The summed E-state index contributed by atoms with van der Waals surface area (Å²) < 4.78 is 16.1. The molecule has 0 fully saturated rings. The van der Waals surface area contributed by atoms with Crippen molar-refractivity contribution in [1.29, 1.82) is 5.26 Å².